The molecule has 148 valence electrons. The molecule has 27 heavy (non-hydrogen) atoms. The first-order chi connectivity index (χ1) is 13.1. The van der Waals surface area contributed by atoms with E-state index in [-0.39, 0.29) is 36.6 Å². The normalized spacial score (nSPS) is 41.9. The average Bonchev–Trinajstić information content (AvgIpc) is 3.14. The van der Waals surface area contributed by atoms with Gasteiger partial charge < -0.3 is 15.3 Å². The van der Waals surface area contributed by atoms with Crippen LogP contribution in [0.4, 0.5) is 0 Å². The van der Waals surface area contributed by atoms with Crippen LogP contribution < -0.4 is 0 Å². The summed E-state index contributed by atoms with van der Waals surface area (Å²) in [6.45, 7) is 2.69. The van der Waals surface area contributed by atoms with Crippen molar-refractivity contribution < 1.29 is 15.3 Å². The van der Waals surface area contributed by atoms with Crippen LogP contribution in [-0.4, -0.2) is 34.6 Å². The molecule has 3 aliphatic rings. The van der Waals surface area contributed by atoms with Crippen molar-refractivity contribution >= 4 is 5.57 Å². The molecule has 4 rings (SSSR count). The standard InChI is InChI=1S/C24H34O3/c1-24(12-11-18(27)13-17(24)14-25)23-10-9-20-19(16-5-3-2-4-6-16)7-8-21(20)22(23)15-26/h2-7,17-18,20-23,25-27H,8-15H2,1H3/t17-,18+,20-,21-,22+,23+,24+/m1/s1. The van der Waals surface area contributed by atoms with Gasteiger partial charge in [0.2, 0.25) is 0 Å². The first kappa shape index (κ1) is 19.2. The predicted octanol–water partition coefficient (Wildman–Crippen LogP) is 3.88. The molecule has 0 bridgehead atoms. The maximum absolute atomic E-state index is 10.4. The number of hydrogen-bond donors (Lipinski definition) is 3. The topological polar surface area (TPSA) is 60.7 Å². The van der Waals surface area contributed by atoms with Crippen molar-refractivity contribution in [1.82, 2.24) is 0 Å². The molecular weight excluding hydrogens is 336 g/mol. The molecule has 0 amide bonds. The third-order valence-electron chi connectivity index (χ3n) is 8.27. The van der Waals surface area contributed by atoms with Gasteiger partial charge in [0.05, 0.1) is 6.10 Å². The maximum atomic E-state index is 10.4. The zero-order valence-electron chi connectivity index (χ0n) is 16.4. The fraction of sp³-hybridized carbons (Fsp3) is 0.667. The summed E-state index contributed by atoms with van der Waals surface area (Å²) in [5, 5.41) is 30.5. The number of rotatable bonds is 4. The van der Waals surface area contributed by atoms with Gasteiger partial charge >= 0.3 is 0 Å². The van der Waals surface area contributed by atoms with E-state index < -0.39 is 0 Å². The lowest BCUT2D eigenvalue weighted by molar-refractivity contribution is -0.0919. The van der Waals surface area contributed by atoms with Crippen molar-refractivity contribution in [3.63, 3.8) is 0 Å². The van der Waals surface area contributed by atoms with Crippen LogP contribution in [0, 0.1) is 35.0 Å². The predicted molar refractivity (Wildman–Crippen MR) is 108 cm³/mol. The molecule has 3 aliphatic carbocycles. The van der Waals surface area contributed by atoms with Gasteiger partial charge in [0.25, 0.3) is 0 Å². The van der Waals surface area contributed by atoms with Crippen LogP contribution in [0.25, 0.3) is 5.57 Å². The highest BCUT2D eigenvalue weighted by molar-refractivity contribution is 5.69. The van der Waals surface area contributed by atoms with Gasteiger partial charge in [-0.05, 0) is 84.7 Å². The Morgan fingerprint density at radius 2 is 1.81 bits per heavy atom. The van der Waals surface area contributed by atoms with Gasteiger partial charge in [-0.3, -0.25) is 0 Å². The van der Waals surface area contributed by atoms with Crippen molar-refractivity contribution in [2.75, 3.05) is 13.2 Å². The second-order valence-electron chi connectivity index (χ2n) is 9.38. The van der Waals surface area contributed by atoms with Crippen molar-refractivity contribution in [2.45, 2.75) is 51.6 Å². The molecule has 0 aromatic heterocycles. The van der Waals surface area contributed by atoms with Gasteiger partial charge in [0, 0.05) is 13.2 Å². The van der Waals surface area contributed by atoms with Gasteiger partial charge in [-0.1, -0.05) is 43.3 Å². The fourth-order valence-electron chi connectivity index (χ4n) is 6.74. The van der Waals surface area contributed by atoms with Crippen molar-refractivity contribution in [3.05, 3.63) is 42.0 Å². The molecule has 0 heterocycles. The molecule has 0 aliphatic heterocycles. The smallest absolute Gasteiger partial charge is 0.0544 e. The van der Waals surface area contributed by atoms with Crippen LogP contribution in [0.1, 0.15) is 51.0 Å². The van der Waals surface area contributed by atoms with Crippen LogP contribution in [0.3, 0.4) is 0 Å². The molecule has 2 fully saturated rings. The minimum atomic E-state index is -0.281. The second-order valence-corrected chi connectivity index (χ2v) is 9.38. The van der Waals surface area contributed by atoms with E-state index in [1.807, 2.05) is 0 Å². The molecule has 1 aromatic rings. The second kappa shape index (κ2) is 7.69. The molecule has 0 spiro atoms. The first-order valence-electron chi connectivity index (χ1n) is 10.7. The van der Waals surface area contributed by atoms with Crippen LogP contribution >= 0.6 is 0 Å². The van der Waals surface area contributed by atoms with Crippen LogP contribution in [0.2, 0.25) is 0 Å². The molecule has 0 saturated heterocycles. The van der Waals surface area contributed by atoms with E-state index in [9.17, 15) is 15.3 Å². The van der Waals surface area contributed by atoms with E-state index in [4.69, 9.17) is 0 Å². The van der Waals surface area contributed by atoms with Crippen LogP contribution in [-0.2, 0) is 0 Å². The van der Waals surface area contributed by atoms with Crippen LogP contribution in [0.15, 0.2) is 36.4 Å². The number of hydrogen-bond acceptors (Lipinski definition) is 3. The lowest BCUT2D eigenvalue weighted by atomic mass is 9.51. The van der Waals surface area contributed by atoms with Crippen molar-refractivity contribution in [2.24, 2.45) is 35.0 Å². The zero-order valence-corrected chi connectivity index (χ0v) is 16.4. The van der Waals surface area contributed by atoms with Crippen LogP contribution in [0.5, 0.6) is 0 Å². The Balaban J connectivity index is 1.57. The van der Waals surface area contributed by atoms with E-state index in [0.29, 0.717) is 24.2 Å². The molecule has 3 nitrogen and oxygen atoms in total. The van der Waals surface area contributed by atoms with Gasteiger partial charge in [-0.15, -0.1) is 0 Å². The number of fused-ring (bicyclic) bond motifs is 1. The molecule has 1 aromatic carbocycles. The summed E-state index contributed by atoms with van der Waals surface area (Å²) < 4.78 is 0. The average molecular weight is 371 g/mol. The fourth-order valence-corrected chi connectivity index (χ4v) is 6.74. The minimum Gasteiger partial charge on any atom is -0.396 e. The maximum Gasteiger partial charge on any atom is 0.0544 e. The number of benzene rings is 1. The monoisotopic (exact) mass is 370 g/mol. The molecule has 7 atom stereocenters. The highest BCUT2D eigenvalue weighted by Gasteiger charge is 2.52. The summed E-state index contributed by atoms with van der Waals surface area (Å²) in [4.78, 5) is 0. The molecule has 0 unspecified atom stereocenters. The van der Waals surface area contributed by atoms with Gasteiger partial charge in [0.15, 0.2) is 0 Å². The first-order valence-corrected chi connectivity index (χ1v) is 10.7. The van der Waals surface area contributed by atoms with E-state index in [1.54, 1.807) is 0 Å². The van der Waals surface area contributed by atoms with Gasteiger partial charge in [-0.2, -0.15) is 0 Å². The SMILES string of the molecule is C[C@]1([C@H]2CC[C@@H]3C(c4ccccc4)=CC[C@H]3[C@@H]2CO)CC[C@H](O)C[C@@H]1CO. The largest absolute Gasteiger partial charge is 0.396 e. The quantitative estimate of drug-likeness (QED) is 0.754. The Morgan fingerprint density at radius 1 is 1.04 bits per heavy atom. The van der Waals surface area contributed by atoms with E-state index in [1.165, 1.54) is 17.6 Å². The third kappa shape index (κ3) is 3.28. The van der Waals surface area contributed by atoms with E-state index in [2.05, 4.69) is 43.3 Å². The molecule has 2 saturated carbocycles. The zero-order chi connectivity index (χ0) is 19.0. The molecule has 0 radical (unpaired) electrons. The van der Waals surface area contributed by atoms with E-state index >= 15 is 0 Å². The number of allylic oxidation sites excluding steroid dienone is 2. The van der Waals surface area contributed by atoms with Crippen molar-refractivity contribution in [1.29, 1.82) is 0 Å². The highest BCUT2D eigenvalue weighted by Crippen LogP contribution is 2.58. The minimum absolute atomic E-state index is 0.0157. The summed E-state index contributed by atoms with van der Waals surface area (Å²) >= 11 is 0. The Kier molecular flexibility index (Phi) is 5.46. The van der Waals surface area contributed by atoms with Gasteiger partial charge in [-0.25, -0.2) is 0 Å². The number of aliphatic hydroxyl groups is 3. The summed E-state index contributed by atoms with van der Waals surface area (Å²) in [5.74, 6) is 1.91. The number of aliphatic hydroxyl groups excluding tert-OH is 3. The lowest BCUT2D eigenvalue weighted by Crippen LogP contribution is -2.50. The van der Waals surface area contributed by atoms with E-state index in [0.717, 1.165) is 25.7 Å². The highest BCUT2D eigenvalue weighted by atomic mass is 16.3. The third-order valence-corrected chi connectivity index (χ3v) is 8.27. The summed E-state index contributed by atoms with van der Waals surface area (Å²) in [6.07, 6.45) is 7.94. The van der Waals surface area contributed by atoms with Crippen molar-refractivity contribution in [3.8, 4) is 0 Å². The molecular formula is C24H34O3. The summed E-state index contributed by atoms with van der Waals surface area (Å²) in [7, 11) is 0. The Bertz CT molecular complexity index is 669. The Labute approximate surface area is 163 Å². The Hall–Kier alpha value is -1.16. The Morgan fingerprint density at radius 3 is 2.52 bits per heavy atom. The summed E-state index contributed by atoms with van der Waals surface area (Å²) in [6, 6.07) is 10.7. The van der Waals surface area contributed by atoms with Gasteiger partial charge in [0.1, 0.15) is 0 Å². The molecule has 3 heteroatoms. The molecule has 3 N–H and O–H groups in total. The lowest BCUT2D eigenvalue weighted by Gasteiger charge is -2.54. The summed E-state index contributed by atoms with van der Waals surface area (Å²) in [5.41, 5.74) is 2.82.